The van der Waals surface area contributed by atoms with Gasteiger partial charge in [-0.25, -0.2) is 4.39 Å². The monoisotopic (exact) mass is 379 g/mol. The Labute approximate surface area is 154 Å². The number of anilines is 1. The molecule has 1 heterocycles. The van der Waals surface area contributed by atoms with Gasteiger partial charge in [-0.3, -0.25) is 15.6 Å². The van der Waals surface area contributed by atoms with Crippen LogP contribution in [0.1, 0.15) is 5.56 Å². The van der Waals surface area contributed by atoms with Crippen molar-refractivity contribution in [3.05, 3.63) is 58.9 Å². The van der Waals surface area contributed by atoms with Gasteiger partial charge in [0.1, 0.15) is 18.2 Å². The number of para-hydroxylation sites is 1. The van der Waals surface area contributed by atoms with E-state index in [-0.39, 0.29) is 29.2 Å². The summed E-state index contributed by atoms with van der Waals surface area (Å²) in [7, 11) is 0. The summed E-state index contributed by atoms with van der Waals surface area (Å²) in [5, 5.41) is 3.35. The third-order valence-corrected chi connectivity index (χ3v) is 4.16. The van der Waals surface area contributed by atoms with Crippen molar-refractivity contribution in [3.63, 3.8) is 0 Å². The van der Waals surface area contributed by atoms with Crippen LogP contribution in [-0.4, -0.2) is 17.6 Å². The van der Waals surface area contributed by atoms with Crippen LogP contribution in [0.2, 0.25) is 5.02 Å². The molecule has 1 amide bonds. The van der Waals surface area contributed by atoms with Crippen molar-refractivity contribution in [1.29, 1.82) is 0 Å². The van der Waals surface area contributed by atoms with Crippen molar-refractivity contribution >= 4 is 40.5 Å². The van der Waals surface area contributed by atoms with Crippen molar-refractivity contribution in [1.82, 2.24) is 10.9 Å². The van der Waals surface area contributed by atoms with Crippen LogP contribution in [0.4, 0.5) is 10.1 Å². The number of benzene rings is 2. The normalized spacial score (nSPS) is 15.5. The topological polar surface area (TPSA) is 62.4 Å². The van der Waals surface area contributed by atoms with Gasteiger partial charge in [-0.15, -0.1) is 0 Å². The lowest BCUT2D eigenvalue weighted by molar-refractivity contribution is -0.126. The average molecular weight is 380 g/mol. The second kappa shape index (κ2) is 7.67. The first-order valence-corrected chi connectivity index (χ1v) is 8.34. The molecule has 0 aliphatic carbocycles. The molecule has 3 N–H and O–H groups in total. The molecule has 0 bridgehead atoms. The van der Waals surface area contributed by atoms with Crippen molar-refractivity contribution in [2.45, 2.75) is 6.42 Å². The Morgan fingerprint density at radius 1 is 1.24 bits per heavy atom. The van der Waals surface area contributed by atoms with E-state index in [9.17, 15) is 9.18 Å². The zero-order valence-corrected chi connectivity index (χ0v) is 14.6. The molecule has 0 unspecified atom stereocenters. The highest BCUT2D eigenvalue weighted by molar-refractivity contribution is 7.80. The first-order valence-electron chi connectivity index (χ1n) is 7.55. The molecule has 0 spiro atoms. The van der Waals surface area contributed by atoms with Crippen LogP contribution in [0, 0.1) is 11.7 Å². The zero-order valence-electron chi connectivity index (χ0n) is 13.0. The summed E-state index contributed by atoms with van der Waals surface area (Å²) < 4.78 is 19.1. The van der Waals surface area contributed by atoms with Crippen molar-refractivity contribution in [2.24, 2.45) is 5.92 Å². The third kappa shape index (κ3) is 4.37. The molecule has 2 aromatic rings. The van der Waals surface area contributed by atoms with E-state index < -0.39 is 5.82 Å². The maximum atomic E-state index is 13.5. The Bertz CT molecular complexity index is 818. The first-order chi connectivity index (χ1) is 12.0. The number of halogens is 2. The second-order valence-corrected chi connectivity index (χ2v) is 6.36. The van der Waals surface area contributed by atoms with Crippen LogP contribution >= 0.6 is 23.8 Å². The minimum atomic E-state index is -0.438. The lowest BCUT2D eigenvalue weighted by Gasteiger charge is -2.25. The number of amides is 1. The number of nitrogens with one attached hydrogen (secondary N) is 3. The fraction of sp³-hybridized carbons (Fsp3) is 0.176. The number of hydrogen-bond acceptors (Lipinski definition) is 3. The van der Waals surface area contributed by atoms with E-state index in [2.05, 4.69) is 16.2 Å². The fourth-order valence-corrected chi connectivity index (χ4v) is 2.82. The third-order valence-electron chi connectivity index (χ3n) is 3.72. The minimum absolute atomic E-state index is 0.0821. The Hall–Kier alpha value is -2.38. The highest BCUT2D eigenvalue weighted by Crippen LogP contribution is 2.29. The number of ether oxygens (including phenoxy) is 1. The Balaban J connectivity index is 1.53. The lowest BCUT2D eigenvalue weighted by Crippen LogP contribution is -2.48. The predicted octanol–water partition coefficient (Wildman–Crippen LogP) is 3.05. The molecule has 130 valence electrons. The van der Waals surface area contributed by atoms with Crippen LogP contribution in [0.25, 0.3) is 0 Å². The molecule has 5 nitrogen and oxygen atoms in total. The highest BCUT2D eigenvalue weighted by Gasteiger charge is 2.26. The molecule has 0 fully saturated rings. The molecule has 3 rings (SSSR count). The summed E-state index contributed by atoms with van der Waals surface area (Å²) in [6.07, 6.45) is 0.511. The first kappa shape index (κ1) is 17.4. The van der Waals surface area contributed by atoms with Crippen molar-refractivity contribution in [3.8, 4) is 5.75 Å². The molecule has 1 aliphatic heterocycles. The van der Waals surface area contributed by atoms with E-state index >= 15 is 0 Å². The van der Waals surface area contributed by atoms with Crippen LogP contribution < -0.4 is 20.9 Å². The molecule has 0 aromatic heterocycles. The van der Waals surface area contributed by atoms with E-state index in [1.54, 1.807) is 36.4 Å². The zero-order chi connectivity index (χ0) is 17.8. The van der Waals surface area contributed by atoms with Crippen LogP contribution in [0.5, 0.6) is 5.75 Å². The smallest absolute Gasteiger partial charge is 0.245 e. The Morgan fingerprint density at radius 3 is 2.84 bits per heavy atom. The van der Waals surface area contributed by atoms with Gasteiger partial charge in [0.25, 0.3) is 0 Å². The maximum Gasteiger partial charge on any atom is 0.245 e. The van der Waals surface area contributed by atoms with Gasteiger partial charge in [0, 0.05) is 5.02 Å². The van der Waals surface area contributed by atoms with Gasteiger partial charge in [0.15, 0.2) is 5.11 Å². The number of fused-ring (bicyclic) bond motifs is 1. The minimum Gasteiger partial charge on any atom is -0.492 e. The van der Waals surface area contributed by atoms with E-state index in [0.29, 0.717) is 11.4 Å². The molecule has 25 heavy (non-hydrogen) atoms. The summed E-state index contributed by atoms with van der Waals surface area (Å²) in [4.78, 5) is 12.3. The van der Waals surface area contributed by atoms with Crippen LogP contribution in [0.15, 0.2) is 42.5 Å². The number of carbonyl (C=O) groups is 1. The summed E-state index contributed by atoms with van der Waals surface area (Å²) in [5.41, 5.74) is 6.17. The molecular weight excluding hydrogens is 365 g/mol. The van der Waals surface area contributed by atoms with Gasteiger partial charge in [-0.05, 0) is 54.5 Å². The summed E-state index contributed by atoms with van der Waals surface area (Å²) >= 11 is 11.0. The van der Waals surface area contributed by atoms with Gasteiger partial charge in [0.05, 0.1) is 11.6 Å². The predicted molar refractivity (Wildman–Crippen MR) is 98.0 cm³/mol. The van der Waals surface area contributed by atoms with E-state index in [4.69, 9.17) is 28.6 Å². The number of rotatable bonds is 2. The standard InChI is InChI=1S/C17H15ClFN3O2S/c18-12-5-6-15-10(8-12)7-11(9-24-15)16(23)21-22-17(25)20-14-4-2-1-3-13(14)19/h1-6,8,11H,7,9H2,(H,21,23)(H2,20,22,25)/t11-/m1/s1. The summed E-state index contributed by atoms with van der Waals surface area (Å²) in [5.74, 6) is -0.358. The molecular formula is C17H15ClFN3O2S. The lowest BCUT2D eigenvalue weighted by atomic mass is 9.96. The van der Waals surface area contributed by atoms with Gasteiger partial charge in [-0.2, -0.15) is 0 Å². The fourth-order valence-electron chi connectivity index (χ4n) is 2.47. The largest absolute Gasteiger partial charge is 0.492 e. The molecule has 1 aliphatic rings. The molecule has 1 atom stereocenters. The quantitative estimate of drug-likeness (QED) is 0.553. The number of hydrogen-bond donors (Lipinski definition) is 3. The number of hydrazine groups is 1. The highest BCUT2D eigenvalue weighted by atomic mass is 35.5. The molecule has 0 radical (unpaired) electrons. The van der Waals surface area contributed by atoms with E-state index in [1.165, 1.54) is 6.07 Å². The van der Waals surface area contributed by atoms with Gasteiger partial charge < -0.3 is 10.1 Å². The second-order valence-electron chi connectivity index (χ2n) is 5.51. The average Bonchev–Trinajstić information content (AvgIpc) is 2.61. The molecule has 2 aromatic carbocycles. The number of thiocarbonyl (C=S) groups is 1. The molecule has 0 saturated heterocycles. The molecule has 8 heteroatoms. The summed E-state index contributed by atoms with van der Waals surface area (Å²) in [6.45, 7) is 0.260. The number of carbonyl (C=O) groups excluding carboxylic acids is 1. The van der Waals surface area contributed by atoms with E-state index in [0.717, 1.165) is 11.3 Å². The van der Waals surface area contributed by atoms with Crippen molar-refractivity contribution < 1.29 is 13.9 Å². The maximum absolute atomic E-state index is 13.5. The Morgan fingerprint density at radius 2 is 2.04 bits per heavy atom. The van der Waals surface area contributed by atoms with Crippen molar-refractivity contribution in [2.75, 3.05) is 11.9 Å². The SMILES string of the molecule is O=C(NNC(=S)Nc1ccccc1F)[C@H]1COc2ccc(Cl)cc2C1. The van der Waals surface area contributed by atoms with Gasteiger partial charge >= 0.3 is 0 Å². The van der Waals surface area contributed by atoms with E-state index in [1.807, 2.05) is 0 Å². The summed E-state index contributed by atoms with van der Waals surface area (Å²) in [6, 6.07) is 11.4. The van der Waals surface area contributed by atoms with Gasteiger partial charge in [-0.1, -0.05) is 23.7 Å². The van der Waals surface area contributed by atoms with Crippen LogP contribution in [0.3, 0.4) is 0 Å². The van der Waals surface area contributed by atoms with Gasteiger partial charge in [0.2, 0.25) is 5.91 Å². The molecule has 0 saturated carbocycles. The van der Waals surface area contributed by atoms with Crippen LogP contribution in [-0.2, 0) is 11.2 Å². The Kier molecular flexibility index (Phi) is 5.35.